The lowest BCUT2D eigenvalue weighted by Crippen LogP contribution is -2.43. The minimum absolute atomic E-state index is 0.112. The van der Waals surface area contributed by atoms with Gasteiger partial charge in [0.05, 0.1) is 22.5 Å². The first-order chi connectivity index (χ1) is 16.5. The number of rotatable bonds is 3. The number of benzene rings is 2. The summed E-state index contributed by atoms with van der Waals surface area (Å²) in [6, 6.07) is 16.7. The van der Waals surface area contributed by atoms with Crippen molar-refractivity contribution in [3.63, 3.8) is 0 Å². The largest absolute Gasteiger partial charge is 0.407 e. The van der Waals surface area contributed by atoms with Crippen LogP contribution in [0.25, 0.3) is 0 Å². The van der Waals surface area contributed by atoms with Crippen LogP contribution in [0.4, 0.5) is 5.69 Å². The van der Waals surface area contributed by atoms with Crippen LogP contribution in [0.1, 0.15) is 24.5 Å². The van der Waals surface area contributed by atoms with Gasteiger partial charge in [0.15, 0.2) is 0 Å². The average molecular weight is 471 g/mol. The van der Waals surface area contributed by atoms with Gasteiger partial charge >= 0.3 is 0 Å². The number of ether oxygens (including phenoxy) is 1. The number of carbonyl (C=O) groups excluding carboxylic acids is 1. The smallest absolute Gasteiger partial charge is 0.290 e. The van der Waals surface area contributed by atoms with Crippen LogP contribution in [0, 0.1) is 10.8 Å². The summed E-state index contributed by atoms with van der Waals surface area (Å²) in [6.07, 6.45) is 3.33. The minimum Gasteiger partial charge on any atom is -0.407 e. The molecule has 1 amide bonds. The number of hydrogen-bond acceptors (Lipinski definition) is 7. The molecule has 0 saturated carbocycles. The Hall–Kier alpha value is -3.98. The van der Waals surface area contributed by atoms with Gasteiger partial charge in [-0.3, -0.25) is 20.6 Å². The molecule has 2 aromatic carbocycles. The van der Waals surface area contributed by atoms with Crippen LogP contribution in [0.15, 0.2) is 87.2 Å². The normalized spacial score (nSPS) is 20.9. The highest BCUT2D eigenvalue weighted by Gasteiger charge is 2.28. The molecule has 8 nitrogen and oxygen atoms in total. The molecule has 0 radical (unpaired) electrons. The van der Waals surface area contributed by atoms with Crippen LogP contribution in [0.2, 0.25) is 0 Å². The van der Waals surface area contributed by atoms with Gasteiger partial charge < -0.3 is 15.4 Å². The fraction of sp³-hybridized carbons (Fsp3) is 0.160. The SMILES string of the molecule is CC1=NC2CC=C(C(=N)OC(=N)NC3N=C(c4ccccc4)c4ccccc4NC3=O)C=C2S1. The van der Waals surface area contributed by atoms with E-state index in [-0.39, 0.29) is 11.9 Å². The fourth-order valence-corrected chi connectivity index (χ4v) is 4.94. The lowest BCUT2D eigenvalue weighted by molar-refractivity contribution is -0.117. The Balaban J connectivity index is 1.34. The summed E-state index contributed by atoms with van der Waals surface area (Å²) in [5, 5.41) is 23.1. The molecule has 2 heterocycles. The number of hydrogen-bond donors (Lipinski definition) is 4. The zero-order valence-electron chi connectivity index (χ0n) is 18.3. The van der Waals surface area contributed by atoms with E-state index >= 15 is 0 Å². The van der Waals surface area contributed by atoms with Gasteiger partial charge in [-0.25, -0.2) is 4.99 Å². The predicted molar refractivity (Wildman–Crippen MR) is 136 cm³/mol. The third-order valence-corrected chi connectivity index (χ3v) is 6.54. The summed E-state index contributed by atoms with van der Waals surface area (Å²) in [5.74, 6) is -0.590. The lowest BCUT2D eigenvalue weighted by Gasteiger charge is -2.18. The molecule has 0 fully saturated rings. The van der Waals surface area contributed by atoms with E-state index in [4.69, 9.17) is 15.6 Å². The summed E-state index contributed by atoms with van der Waals surface area (Å²) in [4.78, 5) is 23.2. The zero-order chi connectivity index (χ0) is 23.7. The summed E-state index contributed by atoms with van der Waals surface area (Å²) in [6.45, 7) is 1.96. The summed E-state index contributed by atoms with van der Waals surface area (Å²) < 4.78 is 5.42. The molecule has 34 heavy (non-hydrogen) atoms. The predicted octanol–water partition coefficient (Wildman–Crippen LogP) is 4.07. The number of nitrogens with zero attached hydrogens (tertiary/aromatic N) is 2. The van der Waals surface area contributed by atoms with Crippen molar-refractivity contribution in [3.05, 3.63) is 88.4 Å². The van der Waals surface area contributed by atoms with Gasteiger partial charge in [-0.05, 0) is 25.5 Å². The second-order valence-corrected chi connectivity index (χ2v) is 9.16. The number of amides is 1. The number of aliphatic imine (C=N–C) groups is 2. The molecule has 2 unspecified atom stereocenters. The maximum atomic E-state index is 12.9. The number of amidine groups is 1. The van der Waals surface area contributed by atoms with E-state index in [9.17, 15) is 4.79 Å². The van der Waals surface area contributed by atoms with Gasteiger partial charge in [0.25, 0.3) is 11.9 Å². The zero-order valence-corrected chi connectivity index (χ0v) is 19.1. The molecule has 3 aliphatic rings. The van der Waals surface area contributed by atoms with Crippen LogP contribution in [-0.2, 0) is 9.53 Å². The van der Waals surface area contributed by atoms with Gasteiger partial charge in [0.1, 0.15) is 0 Å². The molecule has 9 heteroatoms. The number of anilines is 1. The lowest BCUT2D eigenvalue weighted by atomic mass is 10.0. The molecule has 0 spiro atoms. The van der Waals surface area contributed by atoms with E-state index in [1.165, 1.54) is 0 Å². The highest BCUT2D eigenvalue weighted by Crippen LogP contribution is 2.36. The maximum Gasteiger partial charge on any atom is 0.290 e. The van der Waals surface area contributed by atoms with Crippen molar-refractivity contribution in [2.45, 2.75) is 25.6 Å². The monoisotopic (exact) mass is 470 g/mol. The van der Waals surface area contributed by atoms with Crippen LogP contribution in [0.5, 0.6) is 0 Å². The van der Waals surface area contributed by atoms with E-state index in [2.05, 4.69) is 20.6 Å². The van der Waals surface area contributed by atoms with Crippen molar-refractivity contribution in [2.75, 3.05) is 5.32 Å². The number of thioether (sulfide) groups is 1. The molecule has 170 valence electrons. The number of carbonyl (C=O) groups is 1. The van der Waals surface area contributed by atoms with Gasteiger partial charge in [-0.15, -0.1) is 0 Å². The third-order valence-electron chi connectivity index (χ3n) is 5.52. The number of benzodiazepines with no additional fused rings is 1. The average Bonchev–Trinajstić information content (AvgIpc) is 3.15. The quantitative estimate of drug-likeness (QED) is 0.399. The van der Waals surface area contributed by atoms with Gasteiger partial charge in [-0.1, -0.05) is 66.4 Å². The molecule has 2 atom stereocenters. The van der Waals surface area contributed by atoms with E-state index in [1.54, 1.807) is 11.8 Å². The number of nitrogens with one attached hydrogen (secondary N) is 4. The molecule has 0 saturated heterocycles. The molecule has 2 aromatic rings. The van der Waals surface area contributed by atoms with Crippen LogP contribution < -0.4 is 10.6 Å². The Kier molecular flexibility index (Phi) is 5.85. The van der Waals surface area contributed by atoms with Crippen LogP contribution in [0.3, 0.4) is 0 Å². The molecule has 2 aliphatic heterocycles. The number of fused-ring (bicyclic) bond motifs is 2. The molecule has 5 rings (SSSR count). The van der Waals surface area contributed by atoms with Crippen molar-refractivity contribution in [3.8, 4) is 0 Å². The van der Waals surface area contributed by atoms with Crippen molar-refractivity contribution < 1.29 is 9.53 Å². The molecule has 4 N–H and O–H groups in total. The molecule has 1 aliphatic carbocycles. The van der Waals surface area contributed by atoms with Crippen molar-refractivity contribution in [2.24, 2.45) is 9.98 Å². The van der Waals surface area contributed by atoms with E-state index in [0.717, 1.165) is 21.1 Å². The second-order valence-electron chi connectivity index (χ2n) is 7.89. The summed E-state index contributed by atoms with van der Waals surface area (Å²) >= 11 is 1.59. The second kappa shape index (κ2) is 9.11. The minimum atomic E-state index is -1.10. The van der Waals surface area contributed by atoms with Crippen molar-refractivity contribution in [1.29, 1.82) is 10.8 Å². The Bertz CT molecular complexity index is 1310. The summed E-state index contributed by atoms with van der Waals surface area (Å²) in [5.41, 5.74) is 3.47. The highest BCUT2D eigenvalue weighted by atomic mass is 32.2. The Morgan fingerprint density at radius 3 is 2.71 bits per heavy atom. The Labute approximate surface area is 200 Å². The third kappa shape index (κ3) is 4.42. The molecular weight excluding hydrogens is 448 g/mol. The van der Waals surface area contributed by atoms with Gasteiger partial charge in [-0.2, -0.15) is 0 Å². The van der Waals surface area contributed by atoms with Crippen molar-refractivity contribution in [1.82, 2.24) is 5.32 Å². The first-order valence-electron chi connectivity index (χ1n) is 10.8. The molecular formula is C25H22N6O2S. The van der Waals surface area contributed by atoms with Crippen LogP contribution >= 0.6 is 11.8 Å². The molecule has 0 aromatic heterocycles. The first-order valence-corrected chi connectivity index (χ1v) is 11.6. The topological polar surface area (TPSA) is 123 Å². The van der Waals surface area contributed by atoms with Crippen LogP contribution in [-0.4, -0.2) is 40.8 Å². The van der Waals surface area contributed by atoms with E-state index in [1.807, 2.05) is 73.7 Å². The standard InChI is InChI=1S/C25H22N6O2S/c1-14-28-19-12-11-16(13-20(19)34-14)22(26)33-25(27)31-23-24(32)29-18-10-6-5-9-17(18)21(30-23)15-7-3-2-4-8-15/h2-11,13,19,23,26H,12H2,1H3,(H2,27,31)(H,29,32). The maximum absolute atomic E-state index is 12.9. The van der Waals surface area contributed by atoms with E-state index in [0.29, 0.717) is 23.4 Å². The fourth-order valence-electron chi connectivity index (χ4n) is 3.95. The first kappa shape index (κ1) is 21.8. The van der Waals surface area contributed by atoms with Gasteiger partial charge in [0.2, 0.25) is 12.1 Å². The van der Waals surface area contributed by atoms with Gasteiger partial charge in [0, 0.05) is 21.6 Å². The Morgan fingerprint density at radius 2 is 1.88 bits per heavy atom. The Morgan fingerprint density at radius 1 is 1.12 bits per heavy atom. The molecule has 0 bridgehead atoms. The summed E-state index contributed by atoms with van der Waals surface area (Å²) in [7, 11) is 0. The van der Waals surface area contributed by atoms with Crippen molar-refractivity contribution >= 4 is 46.0 Å². The van der Waals surface area contributed by atoms with E-state index < -0.39 is 18.1 Å². The number of para-hydroxylation sites is 1. The highest BCUT2D eigenvalue weighted by molar-refractivity contribution is 8.17.